The standard InChI is InChI=1S/C22H16N2O4/c25-21(14-9-16-5-4-8-20(15-16)24(27)28)17-10-12-19(13-11-17)23-22(26)18-6-2-1-3-7-18/h1-15H,(H,23,26)/b14-9+. The van der Waals surface area contributed by atoms with Crippen molar-refractivity contribution in [3.8, 4) is 0 Å². The van der Waals surface area contributed by atoms with Crippen LogP contribution in [0.2, 0.25) is 0 Å². The van der Waals surface area contributed by atoms with E-state index in [-0.39, 0.29) is 17.4 Å². The summed E-state index contributed by atoms with van der Waals surface area (Å²) in [5, 5.41) is 13.6. The molecule has 6 nitrogen and oxygen atoms in total. The molecule has 3 aromatic carbocycles. The first-order valence-corrected chi connectivity index (χ1v) is 8.46. The summed E-state index contributed by atoms with van der Waals surface area (Å²) >= 11 is 0. The van der Waals surface area contributed by atoms with Gasteiger partial charge in [-0.2, -0.15) is 0 Å². The molecule has 0 aromatic heterocycles. The summed E-state index contributed by atoms with van der Waals surface area (Å²) < 4.78 is 0. The Morgan fingerprint density at radius 1 is 0.857 bits per heavy atom. The summed E-state index contributed by atoms with van der Waals surface area (Å²) in [4.78, 5) is 34.7. The van der Waals surface area contributed by atoms with Gasteiger partial charge in [0.2, 0.25) is 0 Å². The molecule has 0 radical (unpaired) electrons. The molecule has 138 valence electrons. The summed E-state index contributed by atoms with van der Waals surface area (Å²) in [6, 6.07) is 21.4. The van der Waals surface area contributed by atoms with Gasteiger partial charge in [0.25, 0.3) is 11.6 Å². The van der Waals surface area contributed by atoms with Crippen molar-refractivity contribution in [2.75, 3.05) is 5.32 Å². The number of non-ortho nitro benzene ring substituents is 1. The van der Waals surface area contributed by atoms with E-state index in [2.05, 4.69) is 5.32 Å². The second-order valence-corrected chi connectivity index (χ2v) is 5.95. The van der Waals surface area contributed by atoms with Crippen molar-refractivity contribution in [1.29, 1.82) is 0 Å². The number of benzene rings is 3. The number of amides is 1. The zero-order valence-electron chi connectivity index (χ0n) is 14.7. The van der Waals surface area contributed by atoms with Crippen molar-refractivity contribution in [2.45, 2.75) is 0 Å². The number of nitrogens with one attached hydrogen (secondary N) is 1. The highest BCUT2D eigenvalue weighted by molar-refractivity contribution is 6.08. The fourth-order valence-corrected chi connectivity index (χ4v) is 2.52. The number of rotatable bonds is 6. The molecule has 0 aliphatic rings. The van der Waals surface area contributed by atoms with Crippen LogP contribution in [-0.4, -0.2) is 16.6 Å². The first-order chi connectivity index (χ1) is 13.5. The summed E-state index contributed by atoms with van der Waals surface area (Å²) in [5.41, 5.74) is 2.09. The van der Waals surface area contributed by atoms with Crippen LogP contribution in [0, 0.1) is 10.1 Å². The first kappa shape index (κ1) is 18.7. The molecule has 0 heterocycles. The van der Waals surface area contributed by atoms with Gasteiger partial charge in [-0.3, -0.25) is 19.7 Å². The number of anilines is 1. The van der Waals surface area contributed by atoms with Gasteiger partial charge in [-0.25, -0.2) is 0 Å². The van der Waals surface area contributed by atoms with Gasteiger partial charge in [0.15, 0.2) is 5.78 Å². The molecule has 0 aliphatic carbocycles. The predicted octanol–water partition coefficient (Wildman–Crippen LogP) is 4.74. The number of hydrogen-bond acceptors (Lipinski definition) is 4. The van der Waals surface area contributed by atoms with Gasteiger partial charge in [0.1, 0.15) is 0 Å². The average molecular weight is 372 g/mol. The molecular weight excluding hydrogens is 356 g/mol. The van der Waals surface area contributed by atoms with Crippen LogP contribution in [0.4, 0.5) is 11.4 Å². The van der Waals surface area contributed by atoms with E-state index in [1.54, 1.807) is 60.7 Å². The number of nitro groups is 1. The highest BCUT2D eigenvalue weighted by Crippen LogP contribution is 2.16. The first-order valence-electron chi connectivity index (χ1n) is 8.46. The van der Waals surface area contributed by atoms with Crippen molar-refractivity contribution in [1.82, 2.24) is 0 Å². The van der Waals surface area contributed by atoms with Gasteiger partial charge in [-0.1, -0.05) is 36.4 Å². The van der Waals surface area contributed by atoms with Crippen molar-refractivity contribution in [3.63, 3.8) is 0 Å². The van der Waals surface area contributed by atoms with Crippen LogP contribution in [0.15, 0.2) is 84.9 Å². The number of carbonyl (C=O) groups excluding carboxylic acids is 2. The number of allylic oxidation sites excluding steroid dienone is 1. The van der Waals surface area contributed by atoms with Crippen molar-refractivity contribution in [2.24, 2.45) is 0 Å². The SMILES string of the molecule is O=C(/C=C/c1cccc([N+](=O)[O-])c1)c1ccc(NC(=O)c2ccccc2)cc1. The van der Waals surface area contributed by atoms with Crippen LogP contribution in [0.25, 0.3) is 6.08 Å². The van der Waals surface area contributed by atoms with Crippen molar-refractivity contribution < 1.29 is 14.5 Å². The topological polar surface area (TPSA) is 89.3 Å². The van der Waals surface area contributed by atoms with E-state index in [4.69, 9.17) is 0 Å². The van der Waals surface area contributed by atoms with Gasteiger partial charge < -0.3 is 5.32 Å². The maximum absolute atomic E-state index is 12.3. The monoisotopic (exact) mass is 372 g/mol. The molecule has 1 amide bonds. The van der Waals surface area contributed by atoms with E-state index in [0.717, 1.165) is 0 Å². The number of hydrogen-bond donors (Lipinski definition) is 1. The summed E-state index contributed by atoms with van der Waals surface area (Å²) in [5.74, 6) is -0.474. The molecule has 3 rings (SSSR count). The third-order valence-corrected chi connectivity index (χ3v) is 3.97. The van der Waals surface area contributed by atoms with E-state index in [9.17, 15) is 19.7 Å². The maximum Gasteiger partial charge on any atom is 0.270 e. The zero-order chi connectivity index (χ0) is 19.9. The van der Waals surface area contributed by atoms with Crippen molar-refractivity contribution >= 4 is 29.1 Å². The van der Waals surface area contributed by atoms with E-state index >= 15 is 0 Å². The lowest BCUT2D eigenvalue weighted by Gasteiger charge is -2.05. The molecule has 0 unspecified atom stereocenters. The molecule has 0 atom stereocenters. The number of nitrogens with zero attached hydrogens (tertiary/aromatic N) is 1. The minimum atomic E-state index is -0.485. The van der Waals surface area contributed by atoms with Gasteiger partial charge in [0.05, 0.1) is 4.92 Å². The minimum Gasteiger partial charge on any atom is -0.322 e. The Morgan fingerprint density at radius 3 is 2.25 bits per heavy atom. The van der Waals surface area contributed by atoms with Gasteiger partial charge >= 0.3 is 0 Å². The molecule has 28 heavy (non-hydrogen) atoms. The lowest BCUT2D eigenvalue weighted by atomic mass is 10.1. The lowest BCUT2D eigenvalue weighted by Crippen LogP contribution is -2.11. The Morgan fingerprint density at radius 2 is 1.57 bits per heavy atom. The average Bonchev–Trinajstić information content (AvgIpc) is 2.73. The fraction of sp³-hybridized carbons (Fsp3) is 0. The highest BCUT2D eigenvalue weighted by atomic mass is 16.6. The molecule has 3 aromatic rings. The van der Waals surface area contributed by atoms with E-state index < -0.39 is 4.92 Å². The molecule has 0 saturated carbocycles. The Kier molecular flexibility index (Phi) is 5.72. The summed E-state index contributed by atoms with van der Waals surface area (Å²) in [6.07, 6.45) is 2.89. The molecule has 0 aliphatic heterocycles. The van der Waals surface area contributed by atoms with Crippen LogP contribution < -0.4 is 5.32 Å². The Labute approximate surface area is 161 Å². The number of carbonyl (C=O) groups is 2. The highest BCUT2D eigenvalue weighted by Gasteiger charge is 2.07. The van der Waals surface area contributed by atoms with E-state index in [0.29, 0.717) is 22.4 Å². The number of ketones is 1. The quantitative estimate of drug-likeness (QED) is 0.293. The van der Waals surface area contributed by atoms with E-state index in [1.807, 2.05) is 6.07 Å². The third kappa shape index (κ3) is 4.76. The number of nitro benzene ring substituents is 1. The molecule has 0 fully saturated rings. The molecular formula is C22H16N2O4. The summed E-state index contributed by atoms with van der Waals surface area (Å²) in [6.45, 7) is 0. The lowest BCUT2D eigenvalue weighted by molar-refractivity contribution is -0.384. The largest absolute Gasteiger partial charge is 0.322 e. The van der Waals surface area contributed by atoms with Gasteiger partial charge in [-0.15, -0.1) is 0 Å². The van der Waals surface area contributed by atoms with Crippen LogP contribution in [0.5, 0.6) is 0 Å². The predicted molar refractivity (Wildman–Crippen MR) is 107 cm³/mol. The van der Waals surface area contributed by atoms with Crippen molar-refractivity contribution in [3.05, 3.63) is 112 Å². The Bertz CT molecular complexity index is 1040. The minimum absolute atomic E-state index is 0.0342. The summed E-state index contributed by atoms with van der Waals surface area (Å²) in [7, 11) is 0. The molecule has 0 spiro atoms. The maximum atomic E-state index is 12.3. The van der Waals surface area contributed by atoms with Crippen LogP contribution in [0.1, 0.15) is 26.3 Å². The van der Waals surface area contributed by atoms with Crippen LogP contribution in [0.3, 0.4) is 0 Å². The van der Waals surface area contributed by atoms with Gasteiger partial charge in [0, 0.05) is 28.9 Å². The van der Waals surface area contributed by atoms with E-state index in [1.165, 1.54) is 24.3 Å². The molecule has 0 bridgehead atoms. The Balaban J connectivity index is 1.66. The smallest absolute Gasteiger partial charge is 0.270 e. The normalized spacial score (nSPS) is 10.6. The molecule has 6 heteroatoms. The van der Waals surface area contributed by atoms with Crippen LogP contribution >= 0.6 is 0 Å². The fourth-order valence-electron chi connectivity index (χ4n) is 2.52. The second-order valence-electron chi connectivity index (χ2n) is 5.95. The Hall–Kier alpha value is -4.06. The third-order valence-electron chi connectivity index (χ3n) is 3.97. The molecule has 1 N–H and O–H groups in total. The van der Waals surface area contributed by atoms with Gasteiger partial charge in [-0.05, 0) is 48.0 Å². The van der Waals surface area contributed by atoms with Crippen LogP contribution in [-0.2, 0) is 0 Å². The second kappa shape index (κ2) is 8.55. The zero-order valence-corrected chi connectivity index (χ0v) is 14.7. The molecule has 0 saturated heterocycles.